The molecule has 2 heterocycles. The summed E-state index contributed by atoms with van der Waals surface area (Å²) in [5.41, 5.74) is -1.60. The van der Waals surface area contributed by atoms with Crippen LogP contribution in [0.25, 0.3) is 11.1 Å². The standard InChI is InChI=1S/C28H28BF2N3O4/c1-16(2)34-15-20(25(35)24(23(34)14-32)17-7-9-18(30)10-8-17)26(36)33-19-11-12-21(22(31)13-19)29-37-27(3,4)28(5,6)38-29/h7-13,15-16H,1-6H3,(H,33,36). The first kappa shape index (κ1) is 27.2. The zero-order valence-corrected chi connectivity index (χ0v) is 22.1. The van der Waals surface area contributed by atoms with Gasteiger partial charge >= 0.3 is 7.12 Å². The van der Waals surface area contributed by atoms with Crippen LogP contribution in [0.2, 0.25) is 0 Å². The second-order valence-corrected chi connectivity index (χ2v) is 10.5. The number of rotatable bonds is 5. The van der Waals surface area contributed by atoms with Crippen LogP contribution in [0.5, 0.6) is 0 Å². The van der Waals surface area contributed by atoms with E-state index < -0.39 is 41.3 Å². The predicted octanol–water partition coefficient (Wildman–Crippen LogP) is 4.80. The fraction of sp³-hybridized carbons (Fsp3) is 0.321. The van der Waals surface area contributed by atoms with Crippen LogP contribution in [0.1, 0.15) is 63.6 Å². The van der Waals surface area contributed by atoms with Gasteiger partial charge in [0.15, 0.2) is 0 Å². The van der Waals surface area contributed by atoms with E-state index >= 15 is 4.39 Å². The summed E-state index contributed by atoms with van der Waals surface area (Å²) in [6, 6.07) is 10.9. The number of hydrogen-bond acceptors (Lipinski definition) is 5. The number of carbonyl (C=O) groups is 1. The first-order valence-corrected chi connectivity index (χ1v) is 12.2. The van der Waals surface area contributed by atoms with Gasteiger partial charge in [0, 0.05) is 23.4 Å². The number of amides is 1. The molecule has 0 saturated carbocycles. The number of hydrogen-bond donors (Lipinski definition) is 1. The van der Waals surface area contributed by atoms with E-state index in [0.717, 1.165) is 6.07 Å². The lowest BCUT2D eigenvalue weighted by Crippen LogP contribution is -2.41. The minimum absolute atomic E-state index is 0.0175. The molecule has 0 spiro atoms. The normalized spacial score (nSPS) is 15.9. The SMILES string of the molecule is CC(C)n1cc(C(=O)Nc2ccc(B3OC(C)(C)C(C)(C)O3)c(F)c2)c(=O)c(-c2ccc(F)cc2)c1C#N. The van der Waals surface area contributed by atoms with Crippen LogP contribution in [0.15, 0.2) is 53.5 Å². The highest BCUT2D eigenvalue weighted by atomic mass is 19.1. The molecule has 3 aromatic rings. The fourth-order valence-corrected chi connectivity index (χ4v) is 4.17. The minimum atomic E-state index is -0.917. The maximum absolute atomic E-state index is 15.1. The summed E-state index contributed by atoms with van der Waals surface area (Å²) in [5.74, 6) is -1.93. The van der Waals surface area contributed by atoms with E-state index in [0.29, 0.717) is 5.56 Å². The Morgan fingerprint density at radius 2 is 1.66 bits per heavy atom. The second-order valence-electron chi connectivity index (χ2n) is 10.5. The summed E-state index contributed by atoms with van der Waals surface area (Å²) in [4.78, 5) is 26.7. The van der Waals surface area contributed by atoms with E-state index in [4.69, 9.17) is 9.31 Å². The lowest BCUT2D eigenvalue weighted by molar-refractivity contribution is 0.00578. The van der Waals surface area contributed by atoms with E-state index in [9.17, 15) is 19.2 Å². The van der Waals surface area contributed by atoms with E-state index in [2.05, 4.69) is 5.32 Å². The third-order valence-corrected chi connectivity index (χ3v) is 7.04. The largest absolute Gasteiger partial charge is 0.497 e. The van der Waals surface area contributed by atoms with Gasteiger partial charge in [-0.15, -0.1) is 0 Å². The smallest absolute Gasteiger partial charge is 0.399 e. The molecule has 196 valence electrons. The molecule has 1 aromatic heterocycles. The van der Waals surface area contributed by atoms with Crippen LogP contribution in [0.4, 0.5) is 14.5 Å². The molecule has 1 aliphatic rings. The van der Waals surface area contributed by atoms with Gasteiger partial charge in [-0.2, -0.15) is 5.26 Å². The molecule has 0 aliphatic carbocycles. The van der Waals surface area contributed by atoms with Crippen molar-refractivity contribution in [1.29, 1.82) is 5.26 Å². The van der Waals surface area contributed by atoms with Crippen molar-refractivity contribution in [1.82, 2.24) is 4.57 Å². The van der Waals surface area contributed by atoms with Crippen molar-refractivity contribution in [3.63, 3.8) is 0 Å². The lowest BCUT2D eigenvalue weighted by atomic mass is 9.78. The van der Waals surface area contributed by atoms with E-state index in [1.54, 1.807) is 13.8 Å². The molecule has 1 saturated heterocycles. The van der Waals surface area contributed by atoms with Crippen molar-refractivity contribution < 1.29 is 22.9 Å². The van der Waals surface area contributed by atoms with Crippen molar-refractivity contribution in [2.75, 3.05) is 5.32 Å². The Hall–Kier alpha value is -3.81. The zero-order valence-electron chi connectivity index (χ0n) is 22.1. The predicted molar refractivity (Wildman–Crippen MR) is 141 cm³/mol. The van der Waals surface area contributed by atoms with Gasteiger partial charge in [-0.1, -0.05) is 18.2 Å². The number of aromatic nitrogens is 1. The van der Waals surface area contributed by atoms with Crippen LogP contribution in [0, 0.1) is 23.0 Å². The molecule has 0 atom stereocenters. The summed E-state index contributed by atoms with van der Waals surface area (Å²) in [6.07, 6.45) is 1.31. The summed E-state index contributed by atoms with van der Waals surface area (Å²) in [5, 5.41) is 12.4. The topological polar surface area (TPSA) is 93.3 Å². The molecule has 4 rings (SSSR count). The molecule has 1 aliphatic heterocycles. The first-order valence-electron chi connectivity index (χ1n) is 12.2. The molecular weight excluding hydrogens is 491 g/mol. The molecule has 0 radical (unpaired) electrons. The van der Waals surface area contributed by atoms with Gasteiger partial charge in [0.05, 0.1) is 16.8 Å². The summed E-state index contributed by atoms with van der Waals surface area (Å²) < 4.78 is 41.9. The number of pyridine rings is 1. The van der Waals surface area contributed by atoms with Crippen molar-refractivity contribution in [3.05, 3.63) is 81.8 Å². The summed E-state index contributed by atoms with van der Waals surface area (Å²) in [6.45, 7) is 11.0. The highest BCUT2D eigenvalue weighted by Crippen LogP contribution is 2.36. The second kappa shape index (κ2) is 9.82. The Kier molecular flexibility index (Phi) is 7.04. The highest BCUT2D eigenvalue weighted by molar-refractivity contribution is 6.62. The number of nitriles is 1. The molecule has 0 unspecified atom stereocenters. The van der Waals surface area contributed by atoms with Gasteiger partial charge in [-0.3, -0.25) is 9.59 Å². The monoisotopic (exact) mass is 519 g/mol. The first-order chi connectivity index (χ1) is 17.8. The molecule has 38 heavy (non-hydrogen) atoms. The summed E-state index contributed by atoms with van der Waals surface area (Å²) >= 11 is 0. The number of benzene rings is 2. The Labute approximate surface area is 220 Å². The van der Waals surface area contributed by atoms with Gasteiger partial charge < -0.3 is 19.2 Å². The Morgan fingerprint density at radius 1 is 1.05 bits per heavy atom. The van der Waals surface area contributed by atoms with E-state index in [-0.39, 0.29) is 34.0 Å². The average Bonchev–Trinajstić information content (AvgIpc) is 3.05. The Bertz CT molecular complexity index is 1490. The van der Waals surface area contributed by atoms with Crippen molar-refractivity contribution in [2.45, 2.75) is 58.8 Å². The van der Waals surface area contributed by atoms with Gasteiger partial charge in [0.25, 0.3) is 5.91 Å². The molecular formula is C28H28BF2N3O4. The van der Waals surface area contributed by atoms with Crippen LogP contribution < -0.4 is 16.2 Å². The van der Waals surface area contributed by atoms with Crippen molar-refractivity contribution in [2.24, 2.45) is 0 Å². The van der Waals surface area contributed by atoms with E-state index in [1.165, 1.54) is 47.2 Å². The number of nitrogens with one attached hydrogen (secondary N) is 1. The number of carbonyl (C=O) groups excluding carboxylic acids is 1. The van der Waals surface area contributed by atoms with Crippen LogP contribution in [-0.2, 0) is 9.31 Å². The quantitative estimate of drug-likeness (QED) is 0.489. The molecule has 1 N–H and O–H groups in total. The average molecular weight is 519 g/mol. The van der Waals surface area contributed by atoms with Crippen molar-refractivity contribution in [3.8, 4) is 17.2 Å². The van der Waals surface area contributed by atoms with E-state index in [1.807, 2.05) is 33.8 Å². The van der Waals surface area contributed by atoms with Crippen LogP contribution in [-0.4, -0.2) is 28.8 Å². The number of nitrogens with zero attached hydrogens (tertiary/aromatic N) is 2. The Balaban J connectivity index is 1.70. The number of anilines is 1. The number of halogens is 2. The molecule has 7 nitrogen and oxygen atoms in total. The third kappa shape index (κ3) is 4.87. The highest BCUT2D eigenvalue weighted by Gasteiger charge is 2.52. The molecule has 1 fully saturated rings. The molecule has 10 heteroatoms. The lowest BCUT2D eigenvalue weighted by Gasteiger charge is -2.32. The van der Waals surface area contributed by atoms with Gasteiger partial charge in [0.2, 0.25) is 5.43 Å². The maximum atomic E-state index is 15.1. The minimum Gasteiger partial charge on any atom is -0.399 e. The van der Waals surface area contributed by atoms with Gasteiger partial charge in [-0.25, -0.2) is 8.78 Å². The fourth-order valence-electron chi connectivity index (χ4n) is 4.17. The van der Waals surface area contributed by atoms with Gasteiger partial charge in [-0.05, 0) is 71.4 Å². The maximum Gasteiger partial charge on any atom is 0.497 e. The molecule has 0 bridgehead atoms. The Morgan fingerprint density at radius 3 is 2.18 bits per heavy atom. The zero-order chi connectivity index (χ0) is 28.0. The van der Waals surface area contributed by atoms with Gasteiger partial charge in [0.1, 0.15) is 29.0 Å². The third-order valence-electron chi connectivity index (χ3n) is 7.04. The molecule has 1 amide bonds. The van der Waals surface area contributed by atoms with Crippen LogP contribution >= 0.6 is 0 Å². The van der Waals surface area contributed by atoms with Crippen LogP contribution in [0.3, 0.4) is 0 Å². The molecule has 2 aromatic carbocycles. The van der Waals surface area contributed by atoms with Crippen molar-refractivity contribution >= 4 is 24.2 Å². The summed E-state index contributed by atoms with van der Waals surface area (Å²) in [7, 11) is -0.917.